The topological polar surface area (TPSA) is 12.0 Å². The van der Waals surface area contributed by atoms with Crippen molar-refractivity contribution in [3.63, 3.8) is 0 Å². The van der Waals surface area contributed by atoms with E-state index in [-0.39, 0.29) is 0 Å². The maximum Gasteiger partial charge on any atom is 0.0701 e. The summed E-state index contributed by atoms with van der Waals surface area (Å²) in [4.78, 5) is 2.73. The summed E-state index contributed by atoms with van der Waals surface area (Å²) in [5, 5.41) is 3.59. The zero-order valence-electron chi connectivity index (χ0n) is 11.2. The first kappa shape index (κ1) is 16.6. The van der Waals surface area contributed by atoms with Crippen LogP contribution in [0.2, 0.25) is 0 Å². The van der Waals surface area contributed by atoms with Crippen molar-refractivity contribution < 1.29 is 0 Å². The molecular formula is C15H17Br2NS2. The van der Waals surface area contributed by atoms with Gasteiger partial charge in [0.25, 0.3) is 0 Å². The molecule has 1 heterocycles. The van der Waals surface area contributed by atoms with Gasteiger partial charge in [0.05, 0.1) is 3.79 Å². The molecule has 1 atom stereocenters. The van der Waals surface area contributed by atoms with Crippen LogP contribution in [0.3, 0.4) is 0 Å². The summed E-state index contributed by atoms with van der Waals surface area (Å²) < 4.78 is 2.39. The molecule has 0 aliphatic heterocycles. The minimum atomic E-state index is 0.502. The lowest BCUT2D eigenvalue weighted by Crippen LogP contribution is -2.32. The molecule has 0 fully saturated rings. The Kier molecular flexibility index (Phi) is 7.11. The predicted molar refractivity (Wildman–Crippen MR) is 98.1 cm³/mol. The zero-order chi connectivity index (χ0) is 14.4. The van der Waals surface area contributed by atoms with E-state index in [4.69, 9.17) is 0 Å². The Balaban J connectivity index is 1.94. The van der Waals surface area contributed by atoms with E-state index in [1.165, 1.54) is 18.0 Å². The molecule has 1 nitrogen and oxygen atoms in total. The first-order valence-corrected chi connectivity index (χ1v) is 9.92. The number of halogens is 2. The SMILES string of the molecule is CCNC(CSc1ccccc1Br)Cc1ccc(Br)s1. The summed E-state index contributed by atoms with van der Waals surface area (Å²) in [7, 11) is 0. The molecule has 0 saturated heterocycles. The van der Waals surface area contributed by atoms with Crippen LogP contribution < -0.4 is 5.32 Å². The summed E-state index contributed by atoms with van der Waals surface area (Å²) in [6, 6.07) is 13.2. The van der Waals surface area contributed by atoms with Gasteiger partial charge in [-0.05, 0) is 69.1 Å². The van der Waals surface area contributed by atoms with Gasteiger partial charge in [0.2, 0.25) is 0 Å². The highest BCUT2D eigenvalue weighted by atomic mass is 79.9. The Morgan fingerprint density at radius 2 is 2.00 bits per heavy atom. The normalized spacial score (nSPS) is 12.6. The Labute approximate surface area is 145 Å². The minimum Gasteiger partial charge on any atom is -0.313 e. The zero-order valence-corrected chi connectivity index (χ0v) is 16.0. The third-order valence-electron chi connectivity index (χ3n) is 2.85. The second-order valence-corrected chi connectivity index (χ2v) is 8.87. The van der Waals surface area contributed by atoms with Crippen molar-refractivity contribution in [3.8, 4) is 0 Å². The third-order valence-corrected chi connectivity index (χ3v) is 6.68. The molecule has 5 heteroatoms. The smallest absolute Gasteiger partial charge is 0.0701 e. The van der Waals surface area contributed by atoms with Gasteiger partial charge in [-0.15, -0.1) is 23.1 Å². The van der Waals surface area contributed by atoms with Crippen LogP contribution in [0.1, 0.15) is 11.8 Å². The standard InChI is InChI=1S/C15H17Br2NS2/c1-2-18-11(9-12-7-8-15(17)20-12)10-19-14-6-4-3-5-13(14)16/h3-8,11,18H,2,9-10H2,1H3. The lowest BCUT2D eigenvalue weighted by atomic mass is 10.2. The van der Waals surface area contributed by atoms with Gasteiger partial charge < -0.3 is 5.32 Å². The average molecular weight is 435 g/mol. The highest BCUT2D eigenvalue weighted by molar-refractivity contribution is 9.11. The van der Waals surface area contributed by atoms with E-state index in [0.717, 1.165) is 18.7 Å². The number of thioether (sulfide) groups is 1. The summed E-state index contributed by atoms with van der Waals surface area (Å²) >= 11 is 10.9. The number of thiophene rings is 1. The average Bonchev–Trinajstić information content (AvgIpc) is 2.83. The summed E-state index contributed by atoms with van der Waals surface area (Å²) in [6.07, 6.45) is 1.08. The third kappa shape index (κ3) is 5.19. The summed E-state index contributed by atoms with van der Waals surface area (Å²) in [6.45, 7) is 3.17. The van der Waals surface area contributed by atoms with E-state index in [0.29, 0.717) is 6.04 Å². The van der Waals surface area contributed by atoms with Gasteiger partial charge in [-0.25, -0.2) is 0 Å². The summed E-state index contributed by atoms with van der Waals surface area (Å²) in [5.74, 6) is 1.08. The number of rotatable bonds is 7. The molecule has 0 spiro atoms. The molecule has 0 aliphatic rings. The first-order chi connectivity index (χ1) is 9.69. The van der Waals surface area contributed by atoms with E-state index in [9.17, 15) is 0 Å². The van der Waals surface area contributed by atoms with E-state index in [1.54, 1.807) is 0 Å². The van der Waals surface area contributed by atoms with Crippen molar-refractivity contribution in [2.45, 2.75) is 24.3 Å². The van der Waals surface area contributed by atoms with Gasteiger partial charge in [-0.2, -0.15) is 0 Å². The molecule has 0 amide bonds. The van der Waals surface area contributed by atoms with Crippen molar-refractivity contribution in [2.24, 2.45) is 0 Å². The molecule has 0 saturated carbocycles. The molecule has 0 radical (unpaired) electrons. The Bertz CT molecular complexity index is 542. The maximum atomic E-state index is 3.61. The first-order valence-electron chi connectivity index (χ1n) is 6.54. The highest BCUT2D eigenvalue weighted by Gasteiger charge is 2.11. The van der Waals surface area contributed by atoms with Gasteiger partial charge >= 0.3 is 0 Å². The van der Waals surface area contributed by atoms with Gasteiger partial charge in [0, 0.05) is 26.0 Å². The molecule has 1 unspecified atom stereocenters. The summed E-state index contributed by atoms with van der Waals surface area (Å²) in [5.41, 5.74) is 0. The fourth-order valence-electron chi connectivity index (χ4n) is 1.94. The van der Waals surface area contributed by atoms with Crippen LogP contribution in [0.4, 0.5) is 0 Å². The highest BCUT2D eigenvalue weighted by Crippen LogP contribution is 2.29. The number of likely N-dealkylation sites (N-methyl/N-ethyl adjacent to an activating group) is 1. The van der Waals surface area contributed by atoms with Crippen LogP contribution in [0.25, 0.3) is 0 Å². The number of hydrogen-bond donors (Lipinski definition) is 1. The van der Waals surface area contributed by atoms with Crippen LogP contribution in [0, 0.1) is 0 Å². The van der Waals surface area contributed by atoms with E-state index < -0.39 is 0 Å². The van der Waals surface area contributed by atoms with Crippen molar-refractivity contribution in [1.82, 2.24) is 5.32 Å². The van der Waals surface area contributed by atoms with Crippen molar-refractivity contribution in [1.29, 1.82) is 0 Å². The quantitative estimate of drug-likeness (QED) is 0.570. The Morgan fingerprint density at radius 1 is 1.20 bits per heavy atom. The van der Waals surface area contributed by atoms with Crippen LogP contribution in [-0.4, -0.2) is 18.3 Å². The molecule has 1 aromatic heterocycles. The number of hydrogen-bond acceptors (Lipinski definition) is 3. The van der Waals surface area contributed by atoms with E-state index in [2.05, 4.69) is 80.5 Å². The van der Waals surface area contributed by atoms with Crippen LogP contribution in [0.5, 0.6) is 0 Å². The van der Waals surface area contributed by atoms with Gasteiger partial charge in [-0.3, -0.25) is 0 Å². The molecule has 2 rings (SSSR count). The molecule has 1 aromatic carbocycles. The van der Waals surface area contributed by atoms with Crippen molar-refractivity contribution >= 4 is 55.0 Å². The van der Waals surface area contributed by atoms with Crippen molar-refractivity contribution in [2.75, 3.05) is 12.3 Å². The maximum absolute atomic E-state index is 3.61. The van der Waals surface area contributed by atoms with Gasteiger partial charge in [0.15, 0.2) is 0 Å². The van der Waals surface area contributed by atoms with Gasteiger partial charge in [-0.1, -0.05) is 19.1 Å². The molecule has 20 heavy (non-hydrogen) atoms. The van der Waals surface area contributed by atoms with Crippen LogP contribution >= 0.6 is 55.0 Å². The molecule has 108 valence electrons. The number of benzene rings is 1. The van der Waals surface area contributed by atoms with Gasteiger partial charge in [0.1, 0.15) is 0 Å². The van der Waals surface area contributed by atoms with Crippen LogP contribution in [-0.2, 0) is 6.42 Å². The fraction of sp³-hybridized carbons (Fsp3) is 0.333. The lowest BCUT2D eigenvalue weighted by molar-refractivity contribution is 0.576. The molecular weight excluding hydrogens is 418 g/mol. The largest absolute Gasteiger partial charge is 0.313 e. The predicted octanol–water partition coefficient (Wildman–Crippen LogP) is 5.59. The number of nitrogens with one attached hydrogen (secondary N) is 1. The molecule has 0 aliphatic carbocycles. The van der Waals surface area contributed by atoms with E-state index in [1.807, 2.05) is 23.1 Å². The van der Waals surface area contributed by atoms with Crippen molar-refractivity contribution in [3.05, 3.63) is 49.5 Å². The second-order valence-electron chi connectivity index (χ2n) is 4.41. The Morgan fingerprint density at radius 3 is 2.65 bits per heavy atom. The lowest BCUT2D eigenvalue weighted by Gasteiger charge is -2.17. The molecule has 1 N–H and O–H groups in total. The Hall–Kier alpha value is 0.190. The molecule has 0 bridgehead atoms. The molecule has 2 aromatic rings. The fourth-order valence-corrected chi connectivity index (χ4v) is 5.12. The van der Waals surface area contributed by atoms with Crippen LogP contribution in [0.15, 0.2) is 49.6 Å². The minimum absolute atomic E-state index is 0.502. The van der Waals surface area contributed by atoms with E-state index >= 15 is 0 Å². The monoisotopic (exact) mass is 433 g/mol. The second kappa shape index (κ2) is 8.59.